The van der Waals surface area contributed by atoms with Gasteiger partial charge in [0.05, 0.1) is 6.20 Å². The molecule has 3 aromatic rings. The van der Waals surface area contributed by atoms with Crippen LogP contribution in [0.5, 0.6) is 5.75 Å². The standard InChI is InChI=1S/C18H17FN4O2/c1-23-9-8-21-18(23)17(13-4-2-5-14(19)10-13)22-16(24)12-25-15-6-3-7-20-11-15/h2-11,17H,12H2,1H3,(H,22,24). The third-order valence-electron chi connectivity index (χ3n) is 3.61. The van der Waals surface area contributed by atoms with Crippen LogP contribution in [0, 0.1) is 5.82 Å². The van der Waals surface area contributed by atoms with E-state index in [0.29, 0.717) is 17.1 Å². The molecule has 128 valence electrons. The quantitative estimate of drug-likeness (QED) is 0.747. The average molecular weight is 340 g/mol. The second kappa shape index (κ2) is 7.57. The summed E-state index contributed by atoms with van der Waals surface area (Å²) in [7, 11) is 1.81. The summed E-state index contributed by atoms with van der Waals surface area (Å²) in [4.78, 5) is 20.5. The van der Waals surface area contributed by atoms with Gasteiger partial charge >= 0.3 is 0 Å². The molecule has 0 spiro atoms. The molecular formula is C18H17FN4O2. The van der Waals surface area contributed by atoms with Crippen LogP contribution in [-0.4, -0.2) is 27.0 Å². The maximum absolute atomic E-state index is 13.6. The van der Waals surface area contributed by atoms with Gasteiger partial charge < -0.3 is 14.6 Å². The van der Waals surface area contributed by atoms with Crippen molar-refractivity contribution in [2.24, 2.45) is 7.05 Å². The van der Waals surface area contributed by atoms with Gasteiger partial charge in [-0.25, -0.2) is 9.37 Å². The minimum absolute atomic E-state index is 0.179. The molecule has 1 unspecified atom stereocenters. The van der Waals surface area contributed by atoms with Crippen LogP contribution >= 0.6 is 0 Å². The molecule has 0 saturated carbocycles. The topological polar surface area (TPSA) is 69.0 Å². The van der Waals surface area contributed by atoms with Crippen molar-refractivity contribution in [2.45, 2.75) is 6.04 Å². The minimum Gasteiger partial charge on any atom is -0.482 e. The number of ether oxygens (including phenoxy) is 1. The molecule has 3 rings (SSSR count). The van der Waals surface area contributed by atoms with Crippen molar-refractivity contribution in [1.82, 2.24) is 19.9 Å². The highest BCUT2D eigenvalue weighted by Crippen LogP contribution is 2.21. The number of halogens is 1. The zero-order chi connectivity index (χ0) is 17.6. The Morgan fingerprint density at radius 2 is 2.20 bits per heavy atom. The molecule has 0 bridgehead atoms. The average Bonchev–Trinajstić information content (AvgIpc) is 3.04. The normalized spacial score (nSPS) is 11.8. The zero-order valence-corrected chi connectivity index (χ0v) is 13.6. The molecule has 25 heavy (non-hydrogen) atoms. The molecule has 7 heteroatoms. The van der Waals surface area contributed by atoms with Crippen LogP contribution in [0.4, 0.5) is 4.39 Å². The first-order valence-corrected chi connectivity index (χ1v) is 7.68. The molecule has 1 amide bonds. The van der Waals surface area contributed by atoms with Crippen LogP contribution in [0.25, 0.3) is 0 Å². The summed E-state index contributed by atoms with van der Waals surface area (Å²) in [5.41, 5.74) is 0.601. The van der Waals surface area contributed by atoms with Gasteiger partial charge in [0.15, 0.2) is 6.61 Å². The van der Waals surface area contributed by atoms with E-state index in [2.05, 4.69) is 15.3 Å². The molecule has 1 atom stereocenters. The molecule has 2 heterocycles. The Morgan fingerprint density at radius 3 is 2.88 bits per heavy atom. The third kappa shape index (κ3) is 4.20. The number of hydrogen-bond donors (Lipinski definition) is 1. The Hall–Kier alpha value is -3.22. The monoisotopic (exact) mass is 340 g/mol. The van der Waals surface area contributed by atoms with Crippen molar-refractivity contribution < 1.29 is 13.9 Å². The highest BCUT2D eigenvalue weighted by Gasteiger charge is 2.21. The second-order valence-corrected chi connectivity index (χ2v) is 5.43. The SMILES string of the molecule is Cn1ccnc1C(NC(=O)COc1cccnc1)c1cccc(F)c1. The van der Waals surface area contributed by atoms with E-state index < -0.39 is 6.04 Å². The van der Waals surface area contributed by atoms with Gasteiger partial charge in [0.2, 0.25) is 0 Å². The van der Waals surface area contributed by atoms with Gasteiger partial charge in [-0.1, -0.05) is 12.1 Å². The first-order chi connectivity index (χ1) is 12.1. The summed E-state index contributed by atoms with van der Waals surface area (Å²) >= 11 is 0. The van der Waals surface area contributed by atoms with Crippen LogP contribution in [-0.2, 0) is 11.8 Å². The van der Waals surface area contributed by atoms with Crippen molar-refractivity contribution in [3.63, 3.8) is 0 Å². The molecule has 1 N–H and O–H groups in total. The van der Waals surface area contributed by atoms with Gasteiger partial charge in [0, 0.05) is 25.6 Å². The number of rotatable bonds is 6. The number of carbonyl (C=O) groups is 1. The molecule has 0 aliphatic heterocycles. The molecule has 2 aromatic heterocycles. The van der Waals surface area contributed by atoms with Gasteiger partial charge in [-0.15, -0.1) is 0 Å². The molecule has 6 nitrogen and oxygen atoms in total. The van der Waals surface area contributed by atoms with Crippen LogP contribution in [0.3, 0.4) is 0 Å². The van der Waals surface area contributed by atoms with E-state index in [1.165, 1.54) is 18.3 Å². The van der Waals surface area contributed by atoms with Crippen LogP contribution in [0.2, 0.25) is 0 Å². The van der Waals surface area contributed by atoms with E-state index in [1.54, 1.807) is 47.4 Å². The van der Waals surface area contributed by atoms with E-state index >= 15 is 0 Å². The molecule has 0 fully saturated rings. The predicted molar refractivity (Wildman–Crippen MR) is 89.3 cm³/mol. The number of benzene rings is 1. The van der Waals surface area contributed by atoms with Crippen LogP contribution in [0.1, 0.15) is 17.4 Å². The number of hydrogen-bond acceptors (Lipinski definition) is 4. The number of imidazole rings is 1. The van der Waals surface area contributed by atoms with E-state index in [9.17, 15) is 9.18 Å². The molecule has 0 radical (unpaired) electrons. The van der Waals surface area contributed by atoms with Crippen molar-refractivity contribution >= 4 is 5.91 Å². The van der Waals surface area contributed by atoms with Gasteiger partial charge in [0.1, 0.15) is 23.4 Å². The molecule has 0 aliphatic carbocycles. The summed E-state index contributed by atoms with van der Waals surface area (Å²) < 4.78 is 20.8. The van der Waals surface area contributed by atoms with Crippen LogP contribution in [0.15, 0.2) is 61.2 Å². The predicted octanol–water partition coefficient (Wildman–Crippen LogP) is 2.24. The number of aryl methyl sites for hydroxylation is 1. The lowest BCUT2D eigenvalue weighted by Gasteiger charge is -2.19. The Kier molecular flexibility index (Phi) is 5.03. The molecule has 0 saturated heterocycles. The second-order valence-electron chi connectivity index (χ2n) is 5.43. The summed E-state index contributed by atoms with van der Waals surface area (Å²) in [6.07, 6.45) is 6.53. The Labute approximate surface area is 144 Å². The first-order valence-electron chi connectivity index (χ1n) is 7.68. The number of aromatic nitrogens is 3. The highest BCUT2D eigenvalue weighted by molar-refractivity contribution is 5.78. The number of pyridine rings is 1. The summed E-state index contributed by atoms with van der Waals surface area (Å²) in [5.74, 6) is 0.371. The number of nitrogens with zero attached hydrogens (tertiary/aromatic N) is 3. The Morgan fingerprint density at radius 1 is 1.32 bits per heavy atom. The minimum atomic E-state index is -0.583. The third-order valence-corrected chi connectivity index (χ3v) is 3.61. The fourth-order valence-corrected chi connectivity index (χ4v) is 2.42. The number of nitrogens with one attached hydrogen (secondary N) is 1. The van der Waals surface area contributed by atoms with E-state index in [-0.39, 0.29) is 18.3 Å². The lowest BCUT2D eigenvalue weighted by Crippen LogP contribution is -2.34. The highest BCUT2D eigenvalue weighted by atomic mass is 19.1. The first kappa shape index (κ1) is 16.6. The smallest absolute Gasteiger partial charge is 0.258 e. The lowest BCUT2D eigenvalue weighted by atomic mass is 10.1. The van der Waals surface area contributed by atoms with Gasteiger partial charge in [-0.2, -0.15) is 0 Å². The van der Waals surface area contributed by atoms with Gasteiger partial charge in [-0.05, 0) is 29.8 Å². The zero-order valence-electron chi connectivity index (χ0n) is 13.6. The summed E-state index contributed by atoms with van der Waals surface area (Å²) in [6, 6.07) is 8.91. The maximum Gasteiger partial charge on any atom is 0.258 e. The number of amides is 1. The molecule has 1 aromatic carbocycles. The summed E-state index contributed by atoms with van der Waals surface area (Å²) in [6.45, 7) is -0.179. The largest absolute Gasteiger partial charge is 0.482 e. The van der Waals surface area contributed by atoms with Crippen molar-refractivity contribution in [3.8, 4) is 5.75 Å². The lowest BCUT2D eigenvalue weighted by molar-refractivity contribution is -0.123. The Bertz CT molecular complexity index is 851. The molecule has 0 aliphatic rings. The Balaban J connectivity index is 1.76. The van der Waals surface area contributed by atoms with Gasteiger partial charge in [-0.3, -0.25) is 9.78 Å². The summed E-state index contributed by atoms with van der Waals surface area (Å²) in [5, 5.41) is 2.84. The van der Waals surface area contributed by atoms with Crippen LogP contribution < -0.4 is 10.1 Å². The van der Waals surface area contributed by atoms with E-state index in [4.69, 9.17) is 4.74 Å². The van der Waals surface area contributed by atoms with E-state index in [1.807, 2.05) is 7.05 Å². The van der Waals surface area contributed by atoms with Crippen molar-refractivity contribution in [1.29, 1.82) is 0 Å². The molecular weight excluding hydrogens is 323 g/mol. The number of carbonyl (C=O) groups excluding carboxylic acids is 1. The van der Waals surface area contributed by atoms with Crippen molar-refractivity contribution in [3.05, 3.63) is 78.4 Å². The fraction of sp³-hybridized carbons (Fsp3) is 0.167. The van der Waals surface area contributed by atoms with Gasteiger partial charge in [0.25, 0.3) is 5.91 Å². The van der Waals surface area contributed by atoms with E-state index in [0.717, 1.165) is 0 Å². The maximum atomic E-state index is 13.6. The van der Waals surface area contributed by atoms with Crippen molar-refractivity contribution in [2.75, 3.05) is 6.61 Å². The fourth-order valence-electron chi connectivity index (χ4n) is 2.42.